The Morgan fingerprint density at radius 2 is 1.91 bits per heavy atom. The molecule has 0 aliphatic rings. The standard InChI is InChI=1S/C25H26IN5O2/c1-16(2)28-13-18(32-14-17-10-11-22(30-31-27)20(26)12-17)15-33-24-9-5-8-23-25(24)19-6-3-4-7-21(19)29-23/h3-12,16,18,28-29H,13-15H2,1-2H3/t18-/m0/s1. The van der Waals surface area contributed by atoms with Crippen molar-refractivity contribution in [3.05, 3.63) is 80.2 Å². The zero-order chi connectivity index (χ0) is 23.2. The van der Waals surface area contributed by atoms with E-state index in [4.69, 9.17) is 15.0 Å². The number of aromatic amines is 1. The van der Waals surface area contributed by atoms with Gasteiger partial charge in [-0.1, -0.05) is 55.4 Å². The fourth-order valence-electron chi connectivity index (χ4n) is 3.69. The van der Waals surface area contributed by atoms with Crippen molar-refractivity contribution in [3.63, 3.8) is 0 Å². The highest BCUT2D eigenvalue weighted by atomic mass is 127. The van der Waals surface area contributed by atoms with Crippen molar-refractivity contribution in [1.29, 1.82) is 0 Å². The van der Waals surface area contributed by atoms with Gasteiger partial charge in [-0.3, -0.25) is 0 Å². The van der Waals surface area contributed by atoms with E-state index in [0.29, 0.717) is 31.5 Å². The molecular weight excluding hydrogens is 529 g/mol. The second kappa shape index (κ2) is 10.9. The minimum absolute atomic E-state index is 0.137. The fraction of sp³-hybridized carbons (Fsp3) is 0.280. The first-order valence-electron chi connectivity index (χ1n) is 10.9. The summed E-state index contributed by atoms with van der Waals surface area (Å²) in [6.07, 6.45) is -0.137. The van der Waals surface area contributed by atoms with E-state index in [1.54, 1.807) is 0 Å². The first kappa shape index (κ1) is 23.4. The number of benzene rings is 3. The van der Waals surface area contributed by atoms with Gasteiger partial charge in [0.2, 0.25) is 0 Å². The predicted octanol–water partition coefficient (Wildman–Crippen LogP) is 6.83. The maximum atomic E-state index is 8.66. The molecule has 0 spiro atoms. The number of nitrogens with zero attached hydrogens (tertiary/aromatic N) is 3. The van der Waals surface area contributed by atoms with Crippen LogP contribution >= 0.6 is 22.6 Å². The zero-order valence-electron chi connectivity index (χ0n) is 18.6. The third-order valence-corrected chi connectivity index (χ3v) is 6.18. The van der Waals surface area contributed by atoms with Crippen molar-refractivity contribution in [1.82, 2.24) is 10.3 Å². The van der Waals surface area contributed by atoms with Gasteiger partial charge >= 0.3 is 0 Å². The molecule has 33 heavy (non-hydrogen) atoms. The summed E-state index contributed by atoms with van der Waals surface area (Å²) < 4.78 is 13.4. The van der Waals surface area contributed by atoms with Crippen molar-refractivity contribution in [2.45, 2.75) is 32.6 Å². The van der Waals surface area contributed by atoms with E-state index in [-0.39, 0.29) is 6.10 Å². The van der Waals surface area contributed by atoms with Gasteiger partial charge in [-0.2, -0.15) is 0 Å². The summed E-state index contributed by atoms with van der Waals surface area (Å²) in [5.74, 6) is 0.844. The molecule has 0 radical (unpaired) electrons. The third-order valence-electron chi connectivity index (χ3n) is 5.32. The summed E-state index contributed by atoms with van der Waals surface area (Å²) >= 11 is 2.17. The highest BCUT2D eigenvalue weighted by molar-refractivity contribution is 14.1. The van der Waals surface area contributed by atoms with E-state index in [9.17, 15) is 0 Å². The van der Waals surface area contributed by atoms with Gasteiger partial charge in [0.25, 0.3) is 0 Å². The van der Waals surface area contributed by atoms with Crippen LogP contribution in [0.4, 0.5) is 5.69 Å². The number of fused-ring (bicyclic) bond motifs is 3. The fourth-order valence-corrected chi connectivity index (χ4v) is 4.38. The number of halogens is 1. The molecule has 2 N–H and O–H groups in total. The normalized spacial score (nSPS) is 12.2. The van der Waals surface area contributed by atoms with Crippen LogP contribution in [-0.2, 0) is 11.3 Å². The molecule has 0 aliphatic carbocycles. The molecule has 0 amide bonds. The molecule has 7 nitrogen and oxygen atoms in total. The van der Waals surface area contributed by atoms with Crippen molar-refractivity contribution < 1.29 is 9.47 Å². The van der Waals surface area contributed by atoms with Crippen LogP contribution in [0.3, 0.4) is 0 Å². The Kier molecular flexibility index (Phi) is 7.72. The molecule has 0 unspecified atom stereocenters. The van der Waals surface area contributed by atoms with Crippen LogP contribution in [0.5, 0.6) is 5.75 Å². The lowest BCUT2D eigenvalue weighted by molar-refractivity contribution is 0.00957. The molecule has 0 fully saturated rings. The van der Waals surface area contributed by atoms with Gasteiger partial charge in [-0.15, -0.1) is 0 Å². The number of rotatable bonds is 10. The van der Waals surface area contributed by atoms with Gasteiger partial charge < -0.3 is 19.8 Å². The monoisotopic (exact) mass is 555 g/mol. The number of aromatic nitrogens is 1. The van der Waals surface area contributed by atoms with Crippen molar-refractivity contribution in [3.8, 4) is 5.75 Å². The summed E-state index contributed by atoms with van der Waals surface area (Å²) in [7, 11) is 0. The van der Waals surface area contributed by atoms with Crippen molar-refractivity contribution in [2.75, 3.05) is 13.2 Å². The zero-order valence-corrected chi connectivity index (χ0v) is 20.7. The number of hydrogen-bond donors (Lipinski definition) is 2. The number of ether oxygens (including phenoxy) is 2. The maximum absolute atomic E-state index is 8.66. The molecule has 1 heterocycles. The number of azide groups is 1. The van der Waals surface area contributed by atoms with E-state index < -0.39 is 0 Å². The second-order valence-electron chi connectivity index (χ2n) is 8.13. The summed E-state index contributed by atoms with van der Waals surface area (Å²) in [6, 6.07) is 20.4. The molecule has 0 bridgehead atoms. The summed E-state index contributed by atoms with van der Waals surface area (Å²) in [6.45, 7) is 5.77. The average molecular weight is 555 g/mol. The number of H-pyrrole nitrogens is 1. The Morgan fingerprint density at radius 1 is 1.09 bits per heavy atom. The smallest absolute Gasteiger partial charge is 0.129 e. The summed E-state index contributed by atoms with van der Waals surface area (Å²) in [5, 5.41) is 9.38. The molecule has 4 aromatic rings. The Labute approximate surface area is 206 Å². The lowest BCUT2D eigenvalue weighted by Gasteiger charge is -2.21. The van der Waals surface area contributed by atoms with Gasteiger partial charge in [0, 0.05) is 37.4 Å². The highest BCUT2D eigenvalue weighted by Gasteiger charge is 2.15. The number of nitrogens with one attached hydrogen (secondary N) is 2. The van der Waals surface area contributed by atoms with Gasteiger partial charge in [0.05, 0.1) is 17.8 Å². The lowest BCUT2D eigenvalue weighted by Crippen LogP contribution is -2.37. The van der Waals surface area contributed by atoms with Gasteiger partial charge in [0.15, 0.2) is 0 Å². The first-order chi connectivity index (χ1) is 16.0. The Hall–Kier alpha value is -2.78. The van der Waals surface area contributed by atoms with Crippen LogP contribution < -0.4 is 10.1 Å². The second-order valence-corrected chi connectivity index (χ2v) is 9.29. The van der Waals surface area contributed by atoms with E-state index in [2.05, 4.69) is 75.0 Å². The molecular formula is C25H26IN5O2. The molecule has 8 heteroatoms. The minimum Gasteiger partial charge on any atom is -0.490 e. The van der Waals surface area contributed by atoms with E-state index in [0.717, 1.165) is 36.7 Å². The van der Waals surface area contributed by atoms with E-state index in [1.165, 1.54) is 0 Å². The van der Waals surface area contributed by atoms with Crippen LogP contribution in [0, 0.1) is 3.57 Å². The molecule has 3 aromatic carbocycles. The van der Waals surface area contributed by atoms with Crippen LogP contribution in [0.1, 0.15) is 19.4 Å². The average Bonchev–Trinajstić information content (AvgIpc) is 3.19. The number of hydrogen-bond acceptors (Lipinski definition) is 4. The number of para-hydroxylation sites is 1. The summed E-state index contributed by atoms with van der Waals surface area (Å²) in [4.78, 5) is 6.32. The minimum atomic E-state index is -0.137. The summed E-state index contributed by atoms with van der Waals surface area (Å²) in [5.41, 5.74) is 12.5. The molecule has 4 rings (SSSR count). The van der Waals surface area contributed by atoms with E-state index >= 15 is 0 Å². The van der Waals surface area contributed by atoms with Crippen LogP contribution in [0.25, 0.3) is 32.2 Å². The largest absolute Gasteiger partial charge is 0.490 e. The molecule has 0 saturated heterocycles. The SMILES string of the molecule is CC(C)NC[C@@H](COc1cccc2[nH]c3ccccc3c12)OCc1ccc(N=[N+]=[N-])c(I)c1. The highest BCUT2D eigenvalue weighted by Crippen LogP contribution is 2.33. The van der Waals surface area contributed by atoms with Gasteiger partial charge in [-0.05, 0) is 58.0 Å². The van der Waals surface area contributed by atoms with Gasteiger partial charge in [0.1, 0.15) is 18.5 Å². The van der Waals surface area contributed by atoms with Gasteiger partial charge in [-0.25, -0.2) is 0 Å². The van der Waals surface area contributed by atoms with Crippen LogP contribution in [-0.4, -0.2) is 30.3 Å². The maximum Gasteiger partial charge on any atom is 0.129 e. The Balaban J connectivity index is 1.49. The first-order valence-corrected chi connectivity index (χ1v) is 11.9. The molecule has 1 aromatic heterocycles. The molecule has 0 aliphatic heterocycles. The van der Waals surface area contributed by atoms with Crippen LogP contribution in [0.2, 0.25) is 0 Å². The third kappa shape index (κ3) is 5.78. The Morgan fingerprint density at radius 3 is 2.70 bits per heavy atom. The topological polar surface area (TPSA) is 95.0 Å². The molecule has 0 saturated carbocycles. The molecule has 1 atom stereocenters. The van der Waals surface area contributed by atoms with E-state index in [1.807, 2.05) is 42.5 Å². The molecule has 170 valence electrons. The quantitative estimate of drug-likeness (QED) is 0.0972. The van der Waals surface area contributed by atoms with Crippen LogP contribution in [0.15, 0.2) is 65.8 Å². The lowest BCUT2D eigenvalue weighted by atomic mass is 10.1. The van der Waals surface area contributed by atoms with Crippen molar-refractivity contribution in [2.24, 2.45) is 5.11 Å². The predicted molar refractivity (Wildman–Crippen MR) is 141 cm³/mol. The Bertz CT molecular complexity index is 1300. The van der Waals surface area contributed by atoms with Crippen molar-refractivity contribution >= 4 is 50.1 Å².